The molecular weight excluding hydrogens is 212 g/mol. The van der Waals surface area contributed by atoms with E-state index in [1.807, 2.05) is 0 Å². The van der Waals surface area contributed by atoms with Crippen LogP contribution in [0.2, 0.25) is 0 Å². The number of carbonyl (C=O) groups excluding carboxylic acids is 1. The molecule has 3 heteroatoms. The molecule has 2 fully saturated rings. The Morgan fingerprint density at radius 3 is 2.29 bits per heavy atom. The lowest BCUT2D eigenvalue weighted by molar-refractivity contribution is -0.122. The van der Waals surface area contributed by atoms with E-state index in [0.717, 1.165) is 19.3 Å². The molecular formula is C14H26N2O. The molecule has 0 aromatic heterocycles. The zero-order valence-corrected chi connectivity index (χ0v) is 10.8. The first-order valence-electron chi connectivity index (χ1n) is 7.24. The molecule has 0 radical (unpaired) electrons. The number of hydrogen-bond acceptors (Lipinski definition) is 2. The van der Waals surface area contributed by atoms with Gasteiger partial charge in [-0.1, -0.05) is 25.7 Å². The van der Waals surface area contributed by atoms with Crippen molar-refractivity contribution in [1.82, 2.24) is 5.32 Å². The predicted molar refractivity (Wildman–Crippen MR) is 69.6 cm³/mol. The minimum Gasteiger partial charge on any atom is -0.354 e. The van der Waals surface area contributed by atoms with Gasteiger partial charge in [0.25, 0.3) is 0 Å². The van der Waals surface area contributed by atoms with Crippen LogP contribution in [-0.2, 0) is 4.79 Å². The highest BCUT2D eigenvalue weighted by Crippen LogP contribution is 2.28. The molecule has 0 aromatic carbocycles. The quantitative estimate of drug-likeness (QED) is 0.739. The van der Waals surface area contributed by atoms with Gasteiger partial charge in [0.05, 0.1) is 0 Å². The maximum Gasteiger partial charge on any atom is 0.220 e. The molecule has 0 atom stereocenters. The van der Waals surface area contributed by atoms with Crippen molar-refractivity contribution in [2.75, 3.05) is 6.54 Å². The molecule has 0 saturated heterocycles. The largest absolute Gasteiger partial charge is 0.354 e. The number of hydrogen-bond donors (Lipinski definition) is 2. The summed E-state index contributed by atoms with van der Waals surface area (Å²) in [7, 11) is 0. The van der Waals surface area contributed by atoms with Crippen LogP contribution in [0.15, 0.2) is 0 Å². The zero-order chi connectivity index (χ0) is 12.1. The predicted octanol–water partition coefficient (Wildman–Crippen LogP) is 2.34. The Hall–Kier alpha value is -0.570. The van der Waals surface area contributed by atoms with Gasteiger partial charge in [-0.15, -0.1) is 0 Å². The van der Waals surface area contributed by atoms with Crippen LogP contribution < -0.4 is 11.1 Å². The maximum atomic E-state index is 11.8. The average molecular weight is 238 g/mol. The minimum absolute atomic E-state index is 0.0842. The number of nitrogens with one attached hydrogen (secondary N) is 1. The Morgan fingerprint density at radius 1 is 1.12 bits per heavy atom. The summed E-state index contributed by atoms with van der Waals surface area (Å²) in [4.78, 5) is 11.8. The van der Waals surface area contributed by atoms with E-state index in [4.69, 9.17) is 5.73 Å². The number of nitrogens with two attached hydrogens (primary N) is 1. The van der Waals surface area contributed by atoms with Crippen molar-refractivity contribution in [3.8, 4) is 0 Å². The molecule has 3 nitrogen and oxygen atoms in total. The maximum absolute atomic E-state index is 11.8. The summed E-state index contributed by atoms with van der Waals surface area (Å²) in [5.74, 6) is 0.834. The Balaban J connectivity index is 1.65. The van der Waals surface area contributed by atoms with Crippen molar-refractivity contribution in [1.29, 1.82) is 0 Å². The van der Waals surface area contributed by atoms with Crippen molar-refractivity contribution in [3.05, 3.63) is 0 Å². The van der Waals surface area contributed by atoms with Crippen LogP contribution in [0.5, 0.6) is 0 Å². The van der Waals surface area contributed by atoms with E-state index in [1.54, 1.807) is 0 Å². The molecule has 17 heavy (non-hydrogen) atoms. The van der Waals surface area contributed by atoms with Crippen LogP contribution in [0.4, 0.5) is 0 Å². The first kappa shape index (κ1) is 12.9. The van der Waals surface area contributed by atoms with Crippen molar-refractivity contribution < 1.29 is 4.79 Å². The summed E-state index contributed by atoms with van der Waals surface area (Å²) in [6, 6.07) is 0. The van der Waals surface area contributed by atoms with Crippen LogP contribution in [-0.4, -0.2) is 18.0 Å². The second-order valence-corrected chi connectivity index (χ2v) is 6.05. The van der Waals surface area contributed by atoms with E-state index in [2.05, 4.69) is 5.32 Å². The fourth-order valence-electron chi connectivity index (χ4n) is 2.98. The Morgan fingerprint density at radius 2 is 1.76 bits per heavy atom. The van der Waals surface area contributed by atoms with Gasteiger partial charge in [-0.2, -0.15) is 0 Å². The third kappa shape index (κ3) is 3.98. The lowest BCUT2D eigenvalue weighted by Gasteiger charge is -2.38. The van der Waals surface area contributed by atoms with E-state index < -0.39 is 0 Å². The summed E-state index contributed by atoms with van der Waals surface area (Å²) in [6.07, 6.45) is 11.9. The standard InChI is InChI=1S/C14H26N2O/c15-14(8-5-9-14)11-16-13(17)10-12-6-3-1-2-4-7-12/h12H,1-11,15H2,(H,16,17). The van der Waals surface area contributed by atoms with Crippen LogP contribution in [0.1, 0.15) is 64.2 Å². The minimum atomic E-state index is -0.0842. The third-order valence-electron chi connectivity index (χ3n) is 4.44. The molecule has 0 aliphatic heterocycles. The third-order valence-corrected chi connectivity index (χ3v) is 4.44. The zero-order valence-electron chi connectivity index (χ0n) is 10.8. The molecule has 0 spiro atoms. The van der Waals surface area contributed by atoms with Gasteiger partial charge in [0, 0.05) is 18.5 Å². The molecule has 2 aliphatic carbocycles. The normalized spacial score (nSPS) is 24.8. The monoisotopic (exact) mass is 238 g/mol. The molecule has 2 aliphatic rings. The molecule has 2 saturated carbocycles. The van der Waals surface area contributed by atoms with Gasteiger partial charge in [-0.25, -0.2) is 0 Å². The second kappa shape index (κ2) is 5.85. The van der Waals surface area contributed by atoms with Crippen LogP contribution in [0, 0.1) is 5.92 Å². The SMILES string of the molecule is NC1(CNC(=O)CC2CCCCCC2)CCC1. The lowest BCUT2D eigenvalue weighted by Crippen LogP contribution is -2.55. The molecule has 0 bridgehead atoms. The summed E-state index contributed by atoms with van der Waals surface area (Å²) in [5, 5.41) is 3.03. The van der Waals surface area contributed by atoms with Crippen LogP contribution in [0.3, 0.4) is 0 Å². The van der Waals surface area contributed by atoms with Gasteiger partial charge < -0.3 is 11.1 Å². The van der Waals surface area contributed by atoms with Crippen molar-refractivity contribution in [2.24, 2.45) is 11.7 Å². The molecule has 1 amide bonds. The van der Waals surface area contributed by atoms with Crippen LogP contribution >= 0.6 is 0 Å². The lowest BCUT2D eigenvalue weighted by atomic mass is 9.78. The van der Waals surface area contributed by atoms with Gasteiger partial charge in [0.15, 0.2) is 0 Å². The van der Waals surface area contributed by atoms with E-state index >= 15 is 0 Å². The van der Waals surface area contributed by atoms with E-state index in [0.29, 0.717) is 12.5 Å². The van der Waals surface area contributed by atoms with E-state index in [1.165, 1.54) is 44.9 Å². The summed E-state index contributed by atoms with van der Waals surface area (Å²) >= 11 is 0. The first-order chi connectivity index (χ1) is 8.18. The highest BCUT2D eigenvalue weighted by Gasteiger charge is 2.32. The molecule has 98 valence electrons. The second-order valence-electron chi connectivity index (χ2n) is 6.05. The summed E-state index contributed by atoms with van der Waals surface area (Å²) in [5.41, 5.74) is 6.01. The first-order valence-corrected chi connectivity index (χ1v) is 7.24. The van der Waals surface area contributed by atoms with Crippen molar-refractivity contribution in [3.63, 3.8) is 0 Å². The van der Waals surface area contributed by atoms with Crippen molar-refractivity contribution >= 4 is 5.91 Å². The molecule has 0 heterocycles. The van der Waals surface area contributed by atoms with Gasteiger partial charge in [0.2, 0.25) is 5.91 Å². The Labute approximate surface area is 105 Å². The number of rotatable bonds is 4. The molecule has 2 rings (SSSR count). The Kier molecular flexibility index (Phi) is 4.43. The highest BCUT2D eigenvalue weighted by atomic mass is 16.1. The van der Waals surface area contributed by atoms with Crippen LogP contribution in [0.25, 0.3) is 0 Å². The molecule has 0 unspecified atom stereocenters. The van der Waals surface area contributed by atoms with Gasteiger partial charge in [-0.3, -0.25) is 4.79 Å². The Bertz CT molecular complexity index is 253. The topological polar surface area (TPSA) is 55.1 Å². The molecule has 3 N–H and O–H groups in total. The fourth-order valence-corrected chi connectivity index (χ4v) is 2.98. The van der Waals surface area contributed by atoms with E-state index in [-0.39, 0.29) is 11.4 Å². The molecule has 0 aromatic rings. The van der Waals surface area contributed by atoms with Gasteiger partial charge >= 0.3 is 0 Å². The smallest absolute Gasteiger partial charge is 0.220 e. The van der Waals surface area contributed by atoms with E-state index in [9.17, 15) is 4.79 Å². The average Bonchev–Trinajstić information content (AvgIpc) is 2.52. The van der Waals surface area contributed by atoms with Gasteiger partial charge in [-0.05, 0) is 38.0 Å². The highest BCUT2D eigenvalue weighted by molar-refractivity contribution is 5.76. The number of carbonyl (C=O) groups is 1. The van der Waals surface area contributed by atoms with Crippen molar-refractivity contribution in [2.45, 2.75) is 69.7 Å². The fraction of sp³-hybridized carbons (Fsp3) is 0.929. The summed E-state index contributed by atoms with van der Waals surface area (Å²) in [6.45, 7) is 0.679. The number of amides is 1. The van der Waals surface area contributed by atoms with Gasteiger partial charge in [0.1, 0.15) is 0 Å². The summed E-state index contributed by atoms with van der Waals surface area (Å²) < 4.78 is 0.